The number of halogens is 3. The highest BCUT2D eigenvalue weighted by atomic mass is 35.5. The monoisotopic (exact) mass is 263 g/mol. The molecule has 2 N–H and O–H groups in total. The Balaban J connectivity index is 2.79. The topological polar surface area (TPSA) is 49.3 Å². The highest BCUT2D eigenvalue weighted by Gasteiger charge is 2.15. The van der Waals surface area contributed by atoms with Crippen LogP contribution in [0.25, 0.3) is 0 Å². The number of amides is 1. The molecule has 0 radical (unpaired) electrons. The average Bonchev–Trinajstić information content (AvgIpc) is 2.30. The molecule has 94 valence electrons. The number of rotatable bonds is 4. The van der Waals surface area contributed by atoms with Gasteiger partial charge < -0.3 is 10.4 Å². The molecule has 0 fully saturated rings. The second-order valence-corrected chi connectivity index (χ2v) is 3.93. The molecule has 1 unspecified atom stereocenters. The summed E-state index contributed by atoms with van der Waals surface area (Å²) in [6.07, 6.45) is -0.200. The van der Waals surface area contributed by atoms with Crippen molar-refractivity contribution in [3.8, 4) is 0 Å². The Bertz CT molecular complexity index is 426. The molecule has 0 aliphatic rings. The van der Waals surface area contributed by atoms with Crippen LogP contribution in [0.4, 0.5) is 8.78 Å². The van der Waals surface area contributed by atoms with Gasteiger partial charge in [0.15, 0.2) is 11.6 Å². The summed E-state index contributed by atoms with van der Waals surface area (Å²) < 4.78 is 25.7. The number of aliphatic hydroxyl groups excluding tert-OH is 1. The first-order chi connectivity index (χ1) is 7.95. The van der Waals surface area contributed by atoms with Crippen LogP contribution in [0.15, 0.2) is 12.1 Å². The van der Waals surface area contributed by atoms with Gasteiger partial charge in [-0.25, -0.2) is 8.78 Å². The van der Waals surface area contributed by atoms with Crippen molar-refractivity contribution in [3.63, 3.8) is 0 Å². The number of hydrogen-bond acceptors (Lipinski definition) is 2. The lowest BCUT2D eigenvalue weighted by Crippen LogP contribution is -2.32. The quantitative estimate of drug-likeness (QED) is 0.818. The molecule has 3 nitrogen and oxygen atoms in total. The molecule has 0 saturated heterocycles. The number of hydrogen-bond donors (Lipinski definition) is 2. The van der Waals surface area contributed by atoms with E-state index in [1.807, 2.05) is 0 Å². The predicted molar refractivity (Wildman–Crippen MR) is 60.0 cm³/mol. The molecule has 0 bridgehead atoms. The molecular formula is C11H12ClF2NO2. The van der Waals surface area contributed by atoms with Gasteiger partial charge in [-0.1, -0.05) is 18.5 Å². The highest BCUT2D eigenvalue weighted by Crippen LogP contribution is 2.19. The molecular weight excluding hydrogens is 252 g/mol. The SMILES string of the molecule is CCC(O)CNC(=O)c1cc(F)c(F)cc1Cl. The van der Waals surface area contributed by atoms with Gasteiger partial charge in [-0.05, 0) is 18.6 Å². The molecule has 1 atom stereocenters. The van der Waals surface area contributed by atoms with Gasteiger partial charge in [-0.3, -0.25) is 4.79 Å². The van der Waals surface area contributed by atoms with E-state index in [0.717, 1.165) is 12.1 Å². The molecule has 1 aromatic rings. The van der Waals surface area contributed by atoms with Crippen molar-refractivity contribution in [3.05, 3.63) is 34.4 Å². The van der Waals surface area contributed by atoms with Crippen molar-refractivity contribution in [1.82, 2.24) is 5.32 Å². The van der Waals surface area contributed by atoms with Crippen molar-refractivity contribution in [1.29, 1.82) is 0 Å². The Labute approximate surface area is 102 Å². The van der Waals surface area contributed by atoms with E-state index in [9.17, 15) is 18.7 Å². The fourth-order valence-corrected chi connectivity index (χ4v) is 1.38. The lowest BCUT2D eigenvalue weighted by atomic mass is 10.2. The van der Waals surface area contributed by atoms with Crippen molar-refractivity contribution in [2.24, 2.45) is 0 Å². The van der Waals surface area contributed by atoms with Crippen LogP contribution < -0.4 is 5.32 Å². The largest absolute Gasteiger partial charge is 0.391 e. The summed E-state index contributed by atoms with van der Waals surface area (Å²) in [6.45, 7) is 1.78. The predicted octanol–water partition coefficient (Wildman–Crippen LogP) is 2.12. The molecule has 1 rings (SSSR count). The van der Waals surface area contributed by atoms with Crippen LogP contribution in [0.3, 0.4) is 0 Å². The average molecular weight is 264 g/mol. The van der Waals surface area contributed by atoms with Crippen LogP contribution in [-0.4, -0.2) is 23.7 Å². The second kappa shape index (κ2) is 5.93. The minimum absolute atomic E-state index is 0.0324. The van der Waals surface area contributed by atoms with Crippen LogP contribution in [0.5, 0.6) is 0 Å². The third-order valence-electron chi connectivity index (χ3n) is 2.22. The summed E-state index contributed by atoms with van der Waals surface area (Å²) in [5, 5.41) is 11.4. The van der Waals surface area contributed by atoms with E-state index in [0.29, 0.717) is 6.42 Å². The van der Waals surface area contributed by atoms with E-state index in [-0.39, 0.29) is 17.1 Å². The third kappa shape index (κ3) is 3.64. The van der Waals surface area contributed by atoms with Crippen molar-refractivity contribution >= 4 is 17.5 Å². The van der Waals surface area contributed by atoms with Crippen LogP contribution in [0.1, 0.15) is 23.7 Å². The molecule has 0 spiro atoms. The van der Waals surface area contributed by atoms with Gasteiger partial charge in [-0.15, -0.1) is 0 Å². The first-order valence-corrected chi connectivity index (χ1v) is 5.44. The molecule has 0 heterocycles. The fraction of sp³-hybridized carbons (Fsp3) is 0.364. The van der Waals surface area contributed by atoms with Crippen LogP contribution in [0.2, 0.25) is 5.02 Å². The van der Waals surface area contributed by atoms with Gasteiger partial charge in [0.25, 0.3) is 5.91 Å². The van der Waals surface area contributed by atoms with E-state index < -0.39 is 23.6 Å². The standard InChI is InChI=1S/C11H12ClF2NO2/c1-2-6(16)5-15-11(17)7-3-9(13)10(14)4-8(7)12/h3-4,6,16H,2,5H2,1H3,(H,15,17). The maximum atomic E-state index is 12.9. The Morgan fingerprint density at radius 1 is 1.47 bits per heavy atom. The summed E-state index contributed by atoms with van der Waals surface area (Å²) >= 11 is 5.62. The van der Waals surface area contributed by atoms with Crippen molar-refractivity contribution in [2.75, 3.05) is 6.54 Å². The van der Waals surface area contributed by atoms with Crippen LogP contribution in [0, 0.1) is 11.6 Å². The minimum Gasteiger partial charge on any atom is -0.391 e. The number of carbonyl (C=O) groups is 1. The number of aliphatic hydroxyl groups is 1. The molecule has 0 aliphatic carbocycles. The maximum Gasteiger partial charge on any atom is 0.252 e. The number of nitrogens with one attached hydrogen (secondary N) is 1. The van der Waals surface area contributed by atoms with Gasteiger partial charge in [0.2, 0.25) is 0 Å². The Morgan fingerprint density at radius 2 is 2.06 bits per heavy atom. The Kier molecular flexibility index (Phi) is 4.84. The van der Waals surface area contributed by atoms with Gasteiger partial charge in [0, 0.05) is 6.54 Å². The van der Waals surface area contributed by atoms with Crippen LogP contribution in [-0.2, 0) is 0 Å². The summed E-state index contributed by atoms with van der Waals surface area (Å²) in [7, 11) is 0. The molecule has 1 amide bonds. The smallest absolute Gasteiger partial charge is 0.252 e. The zero-order valence-corrected chi connectivity index (χ0v) is 9.89. The van der Waals surface area contributed by atoms with E-state index in [1.54, 1.807) is 6.92 Å². The molecule has 1 aromatic carbocycles. The first-order valence-electron chi connectivity index (χ1n) is 5.06. The highest BCUT2D eigenvalue weighted by molar-refractivity contribution is 6.33. The summed E-state index contributed by atoms with van der Waals surface area (Å²) in [5.41, 5.74) is -0.158. The normalized spacial score (nSPS) is 12.3. The molecule has 17 heavy (non-hydrogen) atoms. The van der Waals surface area contributed by atoms with Gasteiger partial charge in [0.05, 0.1) is 16.7 Å². The lowest BCUT2D eigenvalue weighted by Gasteiger charge is -2.10. The number of carbonyl (C=O) groups excluding carboxylic acids is 1. The third-order valence-corrected chi connectivity index (χ3v) is 2.54. The molecule has 0 saturated carbocycles. The fourth-order valence-electron chi connectivity index (χ4n) is 1.15. The van der Waals surface area contributed by atoms with E-state index in [4.69, 9.17) is 11.6 Å². The lowest BCUT2D eigenvalue weighted by molar-refractivity contribution is 0.0913. The van der Waals surface area contributed by atoms with Gasteiger partial charge in [-0.2, -0.15) is 0 Å². The van der Waals surface area contributed by atoms with E-state index in [2.05, 4.69) is 5.32 Å². The Hall–Kier alpha value is -1.20. The zero-order chi connectivity index (χ0) is 13.0. The summed E-state index contributed by atoms with van der Waals surface area (Å²) in [5.74, 6) is -2.91. The molecule has 0 aromatic heterocycles. The zero-order valence-electron chi connectivity index (χ0n) is 9.14. The molecule has 6 heteroatoms. The Morgan fingerprint density at radius 3 is 2.65 bits per heavy atom. The first kappa shape index (κ1) is 13.9. The summed E-state index contributed by atoms with van der Waals surface area (Å²) in [6, 6.07) is 1.47. The number of benzene rings is 1. The van der Waals surface area contributed by atoms with E-state index >= 15 is 0 Å². The van der Waals surface area contributed by atoms with Crippen LogP contribution >= 0.6 is 11.6 Å². The minimum atomic E-state index is -1.14. The molecule has 0 aliphatic heterocycles. The maximum absolute atomic E-state index is 12.9. The van der Waals surface area contributed by atoms with Gasteiger partial charge >= 0.3 is 0 Å². The van der Waals surface area contributed by atoms with Crippen molar-refractivity contribution in [2.45, 2.75) is 19.4 Å². The second-order valence-electron chi connectivity index (χ2n) is 3.52. The van der Waals surface area contributed by atoms with Gasteiger partial charge in [0.1, 0.15) is 0 Å². The summed E-state index contributed by atoms with van der Waals surface area (Å²) in [4.78, 5) is 11.6. The van der Waals surface area contributed by atoms with E-state index in [1.165, 1.54) is 0 Å². The van der Waals surface area contributed by atoms with Crippen molar-refractivity contribution < 1.29 is 18.7 Å².